The van der Waals surface area contributed by atoms with E-state index in [1.807, 2.05) is 13.1 Å². The van der Waals surface area contributed by atoms with Crippen LogP contribution in [0.4, 0.5) is 21.8 Å². The van der Waals surface area contributed by atoms with Crippen LogP contribution in [0.3, 0.4) is 0 Å². The Morgan fingerprint density at radius 2 is 2.17 bits per heavy atom. The van der Waals surface area contributed by atoms with E-state index in [2.05, 4.69) is 25.2 Å². The van der Waals surface area contributed by atoms with Crippen molar-refractivity contribution in [2.24, 2.45) is 5.92 Å². The summed E-state index contributed by atoms with van der Waals surface area (Å²) in [5, 5.41) is 6.39. The molecule has 0 aliphatic heterocycles. The van der Waals surface area contributed by atoms with Gasteiger partial charge in [-0.05, 0) is 37.0 Å². The number of anilines is 3. The Hall–Kier alpha value is -2.34. The quantitative estimate of drug-likeness (QED) is 0.718. The van der Waals surface area contributed by atoms with Crippen LogP contribution in [-0.2, 0) is 6.54 Å². The lowest BCUT2D eigenvalue weighted by Crippen LogP contribution is -2.05. The minimum Gasteiger partial charge on any atom is -0.359 e. The molecule has 0 bridgehead atoms. The zero-order valence-electron chi connectivity index (χ0n) is 13.2. The van der Waals surface area contributed by atoms with Crippen LogP contribution in [0.5, 0.6) is 0 Å². The minimum absolute atomic E-state index is 0.0809. The first kappa shape index (κ1) is 15.2. The zero-order chi connectivity index (χ0) is 16.7. The van der Waals surface area contributed by atoms with E-state index in [1.165, 1.54) is 18.9 Å². The maximum absolute atomic E-state index is 13.3. The number of hydrogen-bond acceptors (Lipinski definition) is 4. The Kier molecular flexibility index (Phi) is 3.76. The second-order valence-electron chi connectivity index (χ2n) is 6.05. The van der Waals surface area contributed by atoms with Gasteiger partial charge < -0.3 is 15.2 Å². The summed E-state index contributed by atoms with van der Waals surface area (Å²) in [4.78, 5) is 8.96. The Labute approximate surface area is 143 Å². The van der Waals surface area contributed by atoms with Crippen molar-refractivity contribution in [2.45, 2.75) is 19.4 Å². The summed E-state index contributed by atoms with van der Waals surface area (Å²) < 4.78 is 15.5. The highest BCUT2D eigenvalue weighted by molar-refractivity contribution is 6.31. The number of halogens is 2. The first-order valence-electron chi connectivity index (χ1n) is 7.90. The third kappa shape index (κ3) is 2.89. The first-order chi connectivity index (χ1) is 11.6. The van der Waals surface area contributed by atoms with E-state index < -0.39 is 5.82 Å². The zero-order valence-corrected chi connectivity index (χ0v) is 13.9. The molecule has 24 heavy (non-hydrogen) atoms. The number of aromatic nitrogens is 3. The van der Waals surface area contributed by atoms with Gasteiger partial charge in [0.25, 0.3) is 0 Å². The van der Waals surface area contributed by atoms with E-state index in [9.17, 15) is 4.39 Å². The summed E-state index contributed by atoms with van der Waals surface area (Å²) in [5.74, 6) is 1.81. The van der Waals surface area contributed by atoms with Gasteiger partial charge in [-0.1, -0.05) is 11.6 Å². The van der Waals surface area contributed by atoms with Gasteiger partial charge in [0.05, 0.1) is 16.7 Å². The number of imidazole rings is 1. The highest BCUT2D eigenvalue weighted by Crippen LogP contribution is 2.34. The molecule has 1 fully saturated rings. The Bertz CT molecular complexity index is 903. The molecular weight excluding hydrogens is 329 g/mol. The highest BCUT2D eigenvalue weighted by atomic mass is 35.5. The second-order valence-corrected chi connectivity index (χ2v) is 6.46. The van der Waals surface area contributed by atoms with Crippen molar-refractivity contribution in [1.29, 1.82) is 0 Å². The molecule has 1 aromatic carbocycles. The maximum Gasteiger partial charge on any atom is 0.203 e. The van der Waals surface area contributed by atoms with Gasteiger partial charge in [0, 0.05) is 25.3 Å². The lowest BCUT2D eigenvalue weighted by atomic mass is 10.3. The molecule has 3 aromatic rings. The predicted octanol–water partition coefficient (Wildman–Crippen LogP) is 4.42. The number of fused-ring (bicyclic) bond motifs is 1. The molecule has 0 radical (unpaired) electrons. The second kappa shape index (κ2) is 5.94. The smallest absolute Gasteiger partial charge is 0.203 e. The molecule has 0 saturated heterocycles. The summed E-state index contributed by atoms with van der Waals surface area (Å²) in [6.07, 6.45) is 4.28. The van der Waals surface area contributed by atoms with Crippen molar-refractivity contribution < 1.29 is 4.39 Å². The number of rotatable bonds is 5. The molecule has 1 aliphatic rings. The van der Waals surface area contributed by atoms with Crippen LogP contribution < -0.4 is 10.6 Å². The lowest BCUT2D eigenvalue weighted by molar-refractivity contribution is 0.628. The SMILES string of the molecule is CNc1nc2cnc(Nc3ccc(F)c(Cl)c3)cc2n1CC1CC1. The van der Waals surface area contributed by atoms with Gasteiger partial charge >= 0.3 is 0 Å². The average Bonchev–Trinajstić information content (AvgIpc) is 3.33. The van der Waals surface area contributed by atoms with Gasteiger partial charge in [0.1, 0.15) is 17.2 Å². The van der Waals surface area contributed by atoms with Crippen molar-refractivity contribution in [3.8, 4) is 0 Å². The predicted molar refractivity (Wildman–Crippen MR) is 94.5 cm³/mol. The standard InChI is InChI=1S/C17H17ClFN5/c1-20-17-23-14-8-21-16(7-15(14)24(17)9-10-2-3-10)22-11-4-5-13(19)12(18)6-11/h4-8,10H,2-3,9H2,1H3,(H,20,23)(H,21,22). The van der Waals surface area contributed by atoms with Crippen LogP contribution in [-0.4, -0.2) is 21.6 Å². The molecule has 4 rings (SSSR count). The Morgan fingerprint density at radius 1 is 1.33 bits per heavy atom. The molecule has 7 heteroatoms. The molecule has 0 amide bonds. The van der Waals surface area contributed by atoms with Crippen LogP contribution in [0.15, 0.2) is 30.5 Å². The highest BCUT2D eigenvalue weighted by Gasteiger charge is 2.24. The Balaban J connectivity index is 1.69. The third-order valence-corrected chi connectivity index (χ3v) is 4.48. The van der Waals surface area contributed by atoms with Gasteiger partial charge in [-0.2, -0.15) is 0 Å². The largest absolute Gasteiger partial charge is 0.359 e. The maximum atomic E-state index is 13.3. The van der Waals surface area contributed by atoms with E-state index in [4.69, 9.17) is 11.6 Å². The fourth-order valence-corrected chi connectivity index (χ4v) is 2.93. The van der Waals surface area contributed by atoms with Gasteiger partial charge in [-0.25, -0.2) is 14.4 Å². The molecule has 1 saturated carbocycles. The summed E-state index contributed by atoms with van der Waals surface area (Å²) in [5.41, 5.74) is 2.56. The van der Waals surface area contributed by atoms with E-state index in [0.717, 1.165) is 29.4 Å². The van der Waals surface area contributed by atoms with E-state index in [-0.39, 0.29) is 5.02 Å². The fraction of sp³-hybridized carbons (Fsp3) is 0.294. The van der Waals surface area contributed by atoms with Crippen LogP contribution in [0, 0.1) is 11.7 Å². The van der Waals surface area contributed by atoms with Crippen LogP contribution in [0.1, 0.15) is 12.8 Å². The van der Waals surface area contributed by atoms with Gasteiger partial charge in [0.2, 0.25) is 5.95 Å². The summed E-state index contributed by atoms with van der Waals surface area (Å²) >= 11 is 5.83. The molecule has 0 spiro atoms. The summed E-state index contributed by atoms with van der Waals surface area (Å²) in [6, 6.07) is 6.47. The minimum atomic E-state index is -0.438. The molecule has 124 valence electrons. The van der Waals surface area contributed by atoms with Crippen molar-refractivity contribution >= 4 is 40.1 Å². The average molecular weight is 346 g/mol. The number of nitrogens with one attached hydrogen (secondary N) is 2. The molecule has 5 nitrogen and oxygen atoms in total. The van der Waals surface area contributed by atoms with Crippen LogP contribution >= 0.6 is 11.6 Å². The van der Waals surface area contributed by atoms with Crippen molar-refractivity contribution in [3.05, 3.63) is 41.3 Å². The number of pyridine rings is 1. The fourth-order valence-electron chi connectivity index (χ4n) is 2.75. The summed E-state index contributed by atoms with van der Waals surface area (Å²) in [7, 11) is 1.87. The van der Waals surface area contributed by atoms with E-state index in [0.29, 0.717) is 11.5 Å². The normalized spacial score (nSPS) is 14.1. The third-order valence-electron chi connectivity index (χ3n) is 4.19. The van der Waals surface area contributed by atoms with Crippen molar-refractivity contribution in [3.63, 3.8) is 0 Å². The van der Waals surface area contributed by atoms with Crippen molar-refractivity contribution in [1.82, 2.24) is 14.5 Å². The monoisotopic (exact) mass is 345 g/mol. The first-order valence-corrected chi connectivity index (χ1v) is 8.28. The van der Waals surface area contributed by atoms with E-state index >= 15 is 0 Å². The van der Waals surface area contributed by atoms with Gasteiger partial charge in [-0.3, -0.25) is 0 Å². The number of hydrogen-bond donors (Lipinski definition) is 2. The van der Waals surface area contributed by atoms with Crippen LogP contribution in [0.2, 0.25) is 5.02 Å². The molecule has 2 heterocycles. The molecule has 2 N–H and O–H groups in total. The molecular formula is C17H17ClFN5. The Morgan fingerprint density at radius 3 is 2.88 bits per heavy atom. The molecule has 1 aliphatic carbocycles. The summed E-state index contributed by atoms with van der Waals surface area (Å²) in [6.45, 7) is 0.957. The molecule has 0 unspecified atom stereocenters. The molecule has 0 atom stereocenters. The number of benzene rings is 1. The van der Waals surface area contributed by atoms with Gasteiger partial charge in [-0.15, -0.1) is 0 Å². The van der Waals surface area contributed by atoms with Gasteiger partial charge in [0.15, 0.2) is 0 Å². The molecule has 2 aromatic heterocycles. The number of nitrogens with zero attached hydrogens (tertiary/aromatic N) is 3. The lowest BCUT2D eigenvalue weighted by Gasteiger charge is -2.09. The topological polar surface area (TPSA) is 54.8 Å². The van der Waals surface area contributed by atoms with Crippen molar-refractivity contribution in [2.75, 3.05) is 17.7 Å². The van der Waals surface area contributed by atoms with Crippen LogP contribution in [0.25, 0.3) is 11.0 Å². The van der Waals surface area contributed by atoms with E-state index in [1.54, 1.807) is 18.3 Å².